The number of carbonyl (C=O) groups excluding carboxylic acids is 1. The van der Waals surface area contributed by atoms with E-state index in [-0.39, 0.29) is 17.2 Å². The van der Waals surface area contributed by atoms with Gasteiger partial charge in [-0.25, -0.2) is 15.0 Å². The fourth-order valence-electron chi connectivity index (χ4n) is 6.78. The smallest absolute Gasteiger partial charge is 0.179 e. The fraction of sp³-hybridized carbons (Fsp3) is 0.531. The number of pyridine rings is 2. The normalized spacial score (nSPS) is 21.6. The molecule has 1 saturated heterocycles. The average Bonchev–Trinajstić information content (AvgIpc) is 3.71. The summed E-state index contributed by atoms with van der Waals surface area (Å²) < 4.78 is 0. The maximum absolute atomic E-state index is 13.2. The number of piperidine rings is 1. The van der Waals surface area contributed by atoms with Crippen LogP contribution >= 0.6 is 0 Å². The van der Waals surface area contributed by atoms with Gasteiger partial charge in [-0.2, -0.15) is 0 Å². The molecule has 0 spiro atoms. The van der Waals surface area contributed by atoms with Crippen LogP contribution in [-0.4, -0.2) is 49.8 Å². The summed E-state index contributed by atoms with van der Waals surface area (Å²) in [5.74, 6) is 2.71. The van der Waals surface area contributed by atoms with Crippen molar-refractivity contribution in [3.05, 3.63) is 42.0 Å². The number of nitrogens with one attached hydrogen (secondary N) is 3. The Balaban J connectivity index is 1.30. The molecule has 1 aliphatic heterocycles. The highest BCUT2D eigenvalue weighted by Gasteiger charge is 2.34. The molecular weight excluding hydrogens is 498 g/mol. The van der Waals surface area contributed by atoms with E-state index in [1.165, 1.54) is 37.7 Å². The number of hydrogen-bond acceptors (Lipinski definition) is 7. The van der Waals surface area contributed by atoms with Crippen LogP contribution in [0.1, 0.15) is 93.6 Å². The standard InChI is InChI=1S/C32H39N7O/c1-32(2)18-33-12-11-27(32)38-31-28-23(20-8-9-20)16-34-17-25(28)37-30(39-31)21-10-13-35-29-22(21)15-24(36-29)26(40)14-19-6-4-3-5-7-19/h10,13,15-17,19-20,27,33H,3-9,11-12,14,18H2,1-2H3,(H,35,36)(H,37,38,39)/t27-/m0/s1. The number of H-pyrrole nitrogens is 1. The molecule has 2 aliphatic carbocycles. The Kier molecular flexibility index (Phi) is 6.53. The molecule has 4 aromatic rings. The molecule has 3 fully saturated rings. The monoisotopic (exact) mass is 537 g/mol. The Morgan fingerprint density at radius 1 is 1.07 bits per heavy atom. The molecule has 3 aliphatic rings. The molecule has 8 heteroatoms. The quantitative estimate of drug-likeness (QED) is 0.234. The molecule has 2 saturated carbocycles. The lowest BCUT2D eigenvalue weighted by Gasteiger charge is -2.40. The minimum atomic E-state index is 0.0840. The summed E-state index contributed by atoms with van der Waals surface area (Å²) in [6, 6.07) is 4.20. The molecule has 3 N–H and O–H groups in total. The number of anilines is 1. The number of nitrogens with zero attached hydrogens (tertiary/aromatic N) is 4. The summed E-state index contributed by atoms with van der Waals surface area (Å²) in [6.45, 7) is 6.56. The number of Topliss-reactive ketones (excluding diaryl/α,β-unsaturated/α-hetero) is 1. The summed E-state index contributed by atoms with van der Waals surface area (Å²) in [4.78, 5) is 35.9. The van der Waals surface area contributed by atoms with Crippen LogP contribution < -0.4 is 10.6 Å². The van der Waals surface area contributed by atoms with Crippen LogP contribution in [0.15, 0.2) is 30.7 Å². The van der Waals surface area contributed by atoms with Crippen molar-refractivity contribution in [1.29, 1.82) is 0 Å². The van der Waals surface area contributed by atoms with E-state index < -0.39 is 0 Å². The topological polar surface area (TPSA) is 108 Å². The van der Waals surface area contributed by atoms with Crippen molar-refractivity contribution in [2.75, 3.05) is 18.4 Å². The van der Waals surface area contributed by atoms with Crippen LogP contribution in [0.2, 0.25) is 0 Å². The zero-order valence-electron chi connectivity index (χ0n) is 23.6. The molecule has 40 heavy (non-hydrogen) atoms. The van der Waals surface area contributed by atoms with Crippen molar-refractivity contribution in [1.82, 2.24) is 30.2 Å². The van der Waals surface area contributed by atoms with E-state index in [9.17, 15) is 4.79 Å². The van der Waals surface area contributed by atoms with Crippen molar-refractivity contribution in [3.63, 3.8) is 0 Å². The van der Waals surface area contributed by atoms with Gasteiger partial charge in [0, 0.05) is 47.7 Å². The Morgan fingerprint density at radius 3 is 2.73 bits per heavy atom. The van der Waals surface area contributed by atoms with Gasteiger partial charge in [0.05, 0.1) is 17.4 Å². The van der Waals surface area contributed by atoms with Crippen LogP contribution in [0.25, 0.3) is 33.3 Å². The maximum atomic E-state index is 13.2. The van der Waals surface area contributed by atoms with E-state index in [0.717, 1.165) is 60.0 Å². The number of fused-ring (bicyclic) bond motifs is 2. The number of ketones is 1. The molecule has 8 nitrogen and oxygen atoms in total. The maximum Gasteiger partial charge on any atom is 0.179 e. The second kappa shape index (κ2) is 10.2. The van der Waals surface area contributed by atoms with Crippen molar-refractivity contribution >= 4 is 33.5 Å². The number of aromatic amines is 1. The van der Waals surface area contributed by atoms with E-state index in [1.807, 2.05) is 24.5 Å². The van der Waals surface area contributed by atoms with Crippen LogP contribution in [-0.2, 0) is 0 Å². The molecule has 0 aromatic carbocycles. The van der Waals surface area contributed by atoms with Gasteiger partial charge in [-0.15, -0.1) is 0 Å². The first-order valence-electron chi connectivity index (χ1n) is 15.1. The van der Waals surface area contributed by atoms with Crippen molar-refractivity contribution in [3.8, 4) is 11.4 Å². The van der Waals surface area contributed by atoms with Crippen molar-refractivity contribution in [2.45, 2.75) is 83.6 Å². The van der Waals surface area contributed by atoms with Gasteiger partial charge in [-0.1, -0.05) is 46.0 Å². The lowest BCUT2D eigenvalue weighted by atomic mass is 9.80. The highest BCUT2D eigenvalue weighted by atomic mass is 16.1. The molecule has 7 rings (SSSR count). The first kappa shape index (κ1) is 25.6. The fourth-order valence-corrected chi connectivity index (χ4v) is 6.78. The zero-order valence-corrected chi connectivity index (χ0v) is 23.6. The van der Waals surface area contributed by atoms with Crippen LogP contribution in [0.5, 0.6) is 0 Å². The Bertz CT molecular complexity index is 1560. The number of hydrogen-bond donors (Lipinski definition) is 3. The van der Waals surface area contributed by atoms with Gasteiger partial charge < -0.3 is 15.6 Å². The molecule has 208 valence electrons. The summed E-state index contributed by atoms with van der Waals surface area (Å²) in [6.07, 6.45) is 15.7. The largest absolute Gasteiger partial charge is 0.366 e. The van der Waals surface area contributed by atoms with Gasteiger partial charge in [0.2, 0.25) is 0 Å². The van der Waals surface area contributed by atoms with E-state index in [4.69, 9.17) is 9.97 Å². The van der Waals surface area contributed by atoms with Crippen LogP contribution in [0.4, 0.5) is 5.82 Å². The number of aromatic nitrogens is 5. The highest BCUT2D eigenvalue weighted by molar-refractivity contribution is 6.03. The molecule has 0 bridgehead atoms. The minimum absolute atomic E-state index is 0.0840. The number of carbonyl (C=O) groups is 1. The van der Waals surface area contributed by atoms with Crippen LogP contribution in [0, 0.1) is 11.3 Å². The van der Waals surface area contributed by atoms with Gasteiger partial charge in [0.1, 0.15) is 11.5 Å². The lowest BCUT2D eigenvalue weighted by molar-refractivity contribution is 0.0946. The van der Waals surface area contributed by atoms with Gasteiger partial charge in [-0.05, 0) is 60.8 Å². The predicted molar refractivity (Wildman–Crippen MR) is 159 cm³/mol. The molecule has 0 amide bonds. The van der Waals surface area contributed by atoms with Gasteiger partial charge in [-0.3, -0.25) is 9.78 Å². The highest BCUT2D eigenvalue weighted by Crippen LogP contribution is 2.45. The molecule has 1 atom stereocenters. The molecular formula is C32H39N7O. The first-order chi connectivity index (χ1) is 19.5. The first-order valence-corrected chi connectivity index (χ1v) is 15.1. The lowest BCUT2D eigenvalue weighted by Crippen LogP contribution is -2.49. The summed E-state index contributed by atoms with van der Waals surface area (Å²) in [7, 11) is 0. The molecule has 5 heterocycles. The Hall–Kier alpha value is -3.39. The van der Waals surface area contributed by atoms with Gasteiger partial charge in [0.15, 0.2) is 11.6 Å². The second-order valence-electron chi connectivity index (χ2n) is 12.9. The SMILES string of the molecule is CC1(C)CNCC[C@@H]1Nc1nc(-c2ccnc3[nH]c(C(=O)CC4CCCCC4)cc23)nc2cncc(C3CC3)c12. The minimum Gasteiger partial charge on any atom is -0.366 e. The van der Waals surface area contributed by atoms with E-state index in [0.29, 0.717) is 35.4 Å². The van der Waals surface area contributed by atoms with E-state index in [2.05, 4.69) is 39.4 Å². The third-order valence-corrected chi connectivity index (χ3v) is 9.37. The van der Waals surface area contributed by atoms with Crippen LogP contribution in [0.3, 0.4) is 0 Å². The molecule has 0 radical (unpaired) electrons. The molecule has 0 unspecified atom stereocenters. The third-order valence-electron chi connectivity index (χ3n) is 9.37. The Labute approximate surface area is 235 Å². The van der Waals surface area contributed by atoms with E-state index >= 15 is 0 Å². The second-order valence-corrected chi connectivity index (χ2v) is 12.9. The summed E-state index contributed by atoms with van der Waals surface area (Å²) >= 11 is 0. The van der Waals surface area contributed by atoms with Crippen molar-refractivity contribution in [2.24, 2.45) is 11.3 Å². The summed E-state index contributed by atoms with van der Waals surface area (Å²) in [5, 5.41) is 9.39. The van der Waals surface area contributed by atoms with Gasteiger partial charge >= 0.3 is 0 Å². The Morgan fingerprint density at radius 2 is 1.93 bits per heavy atom. The molecule has 4 aromatic heterocycles. The average molecular weight is 538 g/mol. The van der Waals surface area contributed by atoms with Crippen molar-refractivity contribution < 1.29 is 4.79 Å². The number of rotatable bonds is 7. The predicted octanol–water partition coefficient (Wildman–Crippen LogP) is 6.40. The van der Waals surface area contributed by atoms with E-state index in [1.54, 1.807) is 6.20 Å². The summed E-state index contributed by atoms with van der Waals surface area (Å²) in [5.41, 5.74) is 4.40. The zero-order chi connectivity index (χ0) is 27.3. The van der Waals surface area contributed by atoms with Gasteiger partial charge in [0.25, 0.3) is 0 Å². The third kappa shape index (κ3) is 4.87.